The Morgan fingerprint density at radius 1 is 1.25 bits per heavy atom. The Morgan fingerprint density at radius 3 is 2.67 bits per heavy atom. The summed E-state index contributed by atoms with van der Waals surface area (Å²) in [7, 11) is 0. The summed E-state index contributed by atoms with van der Waals surface area (Å²) in [6.45, 7) is 0.370. The number of unbranched alkanes of at least 4 members (excludes halogenated alkanes) is 2. The minimum atomic E-state index is -0.834. The summed E-state index contributed by atoms with van der Waals surface area (Å²) < 4.78 is 0. The van der Waals surface area contributed by atoms with Crippen molar-refractivity contribution in [2.45, 2.75) is 25.7 Å². The molecule has 0 radical (unpaired) electrons. The third-order valence-electron chi connectivity index (χ3n) is 3.04. The molecule has 0 aliphatic heterocycles. The maximum absolute atomic E-state index is 11.9. The van der Waals surface area contributed by atoms with Crippen LogP contribution in [0.1, 0.15) is 25.7 Å². The predicted molar refractivity (Wildman–Crippen MR) is 92.9 cm³/mol. The molecule has 1 amide bonds. The fourth-order valence-corrected chi connectivity index (χ4v) is 2.14. The van der Waals surface area contributed by atoms with Crippen LogP contribution in [0.5, 0.6) is 0 Å². The number of halogens is 2. The monoisotopic (exact) mass is 369 g/mol. The van der Waals surface area contributed by atoms with Crippen molar-refractivity contribution in [1.29, 1.82) is 5.26 Å². The van der Waals surface area contributed by atoms with Crippen molar-refractivity contribution >= 4 is 40.8 Å². The van der Waals surface area contributed by atoms with Crippen LogP contribution in [0.25, 0.3) is 0 Å². The van der Waals surface area contributed by atoms with E-state index in [0.717, 1.165) is 0 Å². The van der Waals surface area contributed by atoms with Gasteiger partial charge in [0.25, 0.3) is 5.91 Å². The zero-order valence-corrected chi connectivity index (χ0v) is 14.3. The highest BCUT2D eigenvalue weighted by molar-refractivity contribution is 6.43. The van der Waals surface area contributed by atoms with E-state index in [1.807, 2.05) is 0 Å². The molecule has 0 saturated heterocycles. The van der Waals surface area contributed by atoms with Gasteiger partial charge in [-0.05, 0) is 25.0 Å². The fraction of sp³-hybridized carbons (Fsp3) is 0.312. The number of rotatable bonds is 9. The number of carbonyl (C=O) groups excluding carboxylic acids is 1. The minimum absolute atomic E-state index is 0.100. The van der Waals surface area contributed by atoms with Crippen molar-refractivity contribution in [1.82, 2.24) is 5.32 Å². The molecule has 24 heavy (non-hydrogen) atoms. The second-order valence-electron chi connectivity index (χ2n) is 4.88. The highest BCUT2D eigenvalue weighted by atomic mass is 35.5. The molecular formula is C16H17Cl2N3O3. The summed E-state index contributed by atoms with van der Waals surface area (Å²) in [5.41, 5.74) is 0.384. The van der Waals surface area contributed by atoms with E-state index >= 15 is 0 Å². The quantitative estimate of drug-likeness (QED) is 0.350. The molecule has 0 fully saturated rings. The van der Waals surface area contributed by atoms with Crippen LogP contribution < -0.4 is 10.6 Å². The normalized spacial score (nSPS) is 10.8. The average Bonchev–Trinajstić information content (AvgIpc) is 2.54. The van der Waals surface area contributed by atoms with Crippen molar-refractivity contribution in [2.75, 3.05) is 11.9 Å². The first-order valence-corrected chi connectivity index (χ1v) is 8.02. The van der Waals surface area contributed by atoms with Gasteiger partial charge in [0.05, 0.1) is 15.7 Å². The number of aliphatic carboxylic acids is 1. The maximum Gasteiger partial charge on any atom is 0.303 e. The van der Waals surface area contributed by atoms with Crippen molar-refractivity contribution < 1.29 is 14.7 Å². The standard InChI is InChI=1S/C16H17Cl2N3O3/c17-12-5-4-6-13(15(12)18)21-10-11(9-19)16(24)20-8-3-1-2-7-14(22)23/h4-6,10,21H,1-3,7-8H2,(H,20,24)(H,22,23)/b11-10-. The molecule has 0 unspecified atom stereocenters. The third kappa shape index (κ3) is 6.90. The Balaban J connectivity index is 2.47. The SMILES string of the molecule is N#C/C(=C/Nc1cccc(Cl)c1Cl)C(=O)NCCCCCC(=O)O. The van der Waals surface area contributed by atoms with E-state index in [4.69, 9.17) is 33.6 Å². The molecule has 1 aromatic rings. The molecule has 0 saturated carbocycles. The van der Waals surface area contributed by atoms with Crippen molar-refractivity contribution in [2.24, 2.45) is 0 Å². The van der Waals surface area contributed by atoms with E-state index in [1.54, 1.807) is 24.3 Å². The largest absolute Gasteiger partial charge is 0.481 e. The van der Waals surface area contributed by atoms with Gasteiger partial charge >= 0.3 is 5.97 Å². The lowest BCUT2D eigenvalue weighted by molar-refractivity contribution is -0.137. The number of hydrogen-bond donors (Lipinski definition) is 3. The van der Waals surface area contributed by atoms with E-state index in [2.05, 4.69) is 10.6 Å². The Kier molecular flexibility index (Phi) is 8.69. The summed E-state index contributed by atoms with van der Waals surface area (Å²) in [5.74, 6) is -1.35. The first-order valence-electron chi connectivity index (χ1n) is 7.26. The maximum atomic E-state index is 11.9. The molecule has 0 aromatic heterocycles. The number of benzene rings is 1. The molecule has 0 aliphatic rings. The van der Waals surface area contributed by atoms with Gasteiger partial charge in [0.15, 0.2) is 0 Å². The topological polar surface area (TPSA) is 102 Å². The van der Waals surface area contributed by atoms with E-state index in [-0.39, 0.29) is 12.0 Å². The van der Waals surface area contributed by atoms with Gasteiger partial charge in [-0.3, -0.25) is 9.59 Å². The summed E-state index contributed by atoms with van der Waals surface area (Å²) in [6.07, 6.45) is 3.26. The van der Waals surface area contributed by atoms with Gasteiger partial charge < -0.3 is 15.7 Å². The van der Waals surface area contributed by atoms with Crippen LogP contribution in [0, 0.1) is 11.3 Å². The van der Waals surface area contributed by atoms with Gasteiger partial charge in [0, 0.05) is 19.2 Å². The van der Waals surface area contributed by atoms with Gasteiger partial charge in [-0.25, -0.2) is 0 Å². The van der Waals surface area contributed by atoms with Crippen LogP contribution in [-0.2, 0) is 9.59 Å². The summed E-state index contributed by atoms with van der Waals surface area (Å²) >= 11 is 11.9. The highest BCUT2D eigenvalue weighted by Gasteiger charge is 2.09. The Labute approximate surface area is 150 Å². The lowest BCUT2D eigenvalue weighted by atomic mass is 10.2. The Hall–Kier alpha value is -2.23. The molecule has 6 nitrogen and oxygen atoms in total. The number of carbonyl (C=O) groups is 2. The molecule has 1 aromatic carbocycles. The number of carboxylic acid groups (broad SMARTS) is 1. The summed E-state index contributed by atoms with van der Waals surface area (Å²) in [6, 6.07) is 6.79. The van der Waals surface area contributed by atoms with Crippen molar-refractivity contribution in [3.8, 4) is 6.07 Å². The van der Waals surface area contributed by atoms with Crippen molar-refractivity contribution in [3.63, 3.8) is 0 Å². The van der Waals surface area contributed by atoms with Gasteiger partial charge in [-0.2, -0.15) is 5.26 Å². The minimum Gasteiger partial charge on any atom is -0.481 e. The van der Waals surface area contributed by atoms with Crippen LogP contribution >= 0.6 is 23.2 Å². The van der Waals surface area contributed by atoms with E-state index < -0.39 is 11.9 Å². The molecule has 0 atom stereocenters. The smallest absolute Gasteiger partial charge is 0.303 e. The second-order valence-corrected chi connectivity index (χ2v) is 5.66. The molecule has 128 valence electrons. The lowest BCUT2D eigenvalue weighted by Gasteiger charge is -2.07. The first kappa shape index (κ1) is 19.8. The summed E-state index contributed by atoms with van der Waals surface area (Å²) in [4.78, 5) is 22.3. The van der Waals surface area contributed by atoms with Crippen LogP contribution in [0.15, 0.2) is 30.0 Å². The average molecular weight is 370 g/mol. The molecule has 1 rings (SSSR count). The van der Waals surface area contributed by atoms with Gasteiger partial charge in [0.1, 0.15) is 11.6 Å². The van der Waals surface area contributed by atoms with E-state index in [9.17, 15) is 9.59 Å². The van der Waals surface area contributed by atoms with Crippen LogP contribution in [0.4, 0.5) is 5.69 Å². The third-order valence-corrected chi connectivity index (χ3v) is 3.86. The van der Waals surface area contributed by atoms with Crippen LogP contribution in [0.3, 0.4) is 0 Å². The first-order chi connectivity index (χ1) is 11.5. The number of nitrogens with one attached hydrogen (secondary N) is 2. The number of carboxylic acids is 1. The van der Waals surface area contributed by atoms with Gasteiger partial charge in [-0.15, -0.1) is 0 Å². The number of hydrogen-bond acceptors (Lipinski definition) is 4. The molecule has 0 spiro atoms. The Bertz CT molecular complexity index is 669. The number of nitrogens with zero attached hydrogens (tertiary/aromatic N) is 1. The lowest BCUT2D eigenvalue weighted by Crippen LogP contribution is -2.26. The van der Waals surface area contributed by atoms with E-state index in [0.29, 0.717) is 41.5 Å². The summed E-state index contributed by atoms with van der Waals surface area (Å²) in [5, 5.41) is 23.6. The molecule has 3 N–H and O–H groups in total. The zero-order valence-electron chi connectivity index (χ0n) is 12.8. The van der Waals surface area contributed by atoms with E-state index in [1.165, 1.54) is 6.20 Å². The zero-order chi connectivity index (χ0) is 17.9. The molecule has 0 aliphatic carbocycles. The molecular weight excluding hydrogens is 353 g/mol. The number of anilines is 1. The molecule has 8 heteroatoms. The molecule has 0 heterocycles. The van der Waals surface area contributed by atoms with Gasteiger partial charge in [-0.1, -0.05) is 35.7 Å². The number of nitriles is 1. The fourth-order valence-electron chi connectivity index (χ4n) is 1.79. The predicted octanol–water partition coefficient (Wildman–Crippen LogP) is 3.57. The highest BCUT2D eigenvalue weighted by Crippen LogP contribution is 2.29. The second kappa shape index (κ2) is 10.5. The Morgan fingerprint density at radius 2 is 2.00 bits per heavy atom. The van der Waals surface area contributed by atoms with Gasteiger partial charge in [0.2, 0.25) is 0 Å². The number of amides is 1. The van der Waals surface area contributed by atoms with Crippen LogP contribution in [-0.4, -0.2) is 23.5 Å². The van der Waals surface area contributed by atoms with Crippen molar-refractivity contribution in [3.05, 3.63) is 40.0 Å². The molecule has 0 bridgehead atoms. The van der Waals surface area contributed by atoms with Crippen LogP contribution in [0.2, 0.25) is 10.0 Å².